The Morgan fingerprint density at radius 1 is 1.13 bits per heavy atom. The van der Waals surface area contributed by atoms with Crippen molar-refractivity contribution in [1.29, 1.82) is 0 Å². The fourth-order valence-corrected chi connectivity index (χ4v) is 3.69. The van der Waals surface area contributed by atoms with Crippen molar-refractivity contribution < 1.29 is 23.8 Å². The summed E-state index contributed by atoms with van der Waals surface area (Å²) >= 11 is 7.82. The molecule has 0 aliphatic heterocycles. The number of carbonyl (C=O) groups is 2. The van der Waals surface area contributed by atoms with Crippen molar-refractivity contribution in [1.82, 2.24) is 0 Å². The molecule has 0 N–H and O–H groups in total. The standard InChI is InChI=1S/C15H12Br2O5S/c1-20-8-3-4-12(21-2)9(5-8)11(18)7-22-15(19)13-6-10(16)14(17)23-13/h3-6H,7H2,1-2H3. The summed E-state index contributed by atoms with van der Waals surface area (Å²) < 4.78 is 16.9. The molecule has 0 saturated carbocycles. The van der Waals surface area contributed by atoms with E-state index in [-0.39, 0.29) is 12.4 Å². The Bertz CT molecular complexity index is 722. The lowest BCUT2D eigenvalue weighted by Crippen LogP contribution is -2.14. The van der Waals surface area contributed by atoms with E-state index in [1.54, 1.807) is 24.3 Å². The molecule has 2 rings (SSSR count). The summed E-state index contributed by atoms with van der Waals surface area (Å²) in [4.78, 5) is 24.6. The average molecular weight is 464 g/mol. The summed E-state index contributed by atoms with van der Waals surface area (Å²) in [6, 6.07) is 6.49. The fourth-order valence-electron chi connectivity index (χ4n) is 1.76. The molecule has 0 bridgehead atoms. The topological polar surface area (TPSA) is 61.8 Å². The summed E-state index contributed by atoms with van der Waals surface area (Å²) in [5, 5.41) is 0. The molecular formula is C15H12Br2O5S. The van der Waals surface area contributed by atoms with Crippen molar-refractivity contribution in [3.63, 3.8) is 0 Å². The molecule has 0 saturated heterocycles. The number of hydrogen-bond acceptors (Lipinski definition) is 6. The van der Waals surface area contributed by atoms with Crippen LogP contribution < -0.4 is 9.47 Å². The maximum absolute atomic E-state index is 12.3. The highest BCUT2D eigenvalue weighted by Crippen LogP contribution is 2.32. The van der Waals surface area contributed by atoms with E-state index in [4.69, 9.17) is 14.2 Å². The second kappa shape index (κ2) is 7.94. The highest BCUT2D eigenvalue weighted by atomic mass is 79.9. The Balaban J connectivity index is 2.08. The first-order valence-corrected chi connectivity index (χ1v) is 8.73. The predicted octanol–water partition coefficient (Wildman–Crippen LogP) is 4.33. The van der Waals surface area contributed by atoms with Crippen LogP contribution in [0.5, 0.6) is 11.5 Å². The van der Waals surface area contributed by atoms with Gasteiger partial charge in [0.1, 0.15) is 16.4 Å². The first-order chi connectivity index (χ1) is 11.0. The van der Waals surface area contributed by atoms with E-state index in [2.05, 4.69) is 31.9 Å². The molecule has 0 radical (unpaired) electrons. The smallest absolute Gasteiger partial charge is 0.348 e. The van der Waals surface area contributed by atoms with Crippen LogP contribution >= 0.6 is 43.2 Å². The lowest BCUT2D eigenvalue weighted by molar-refractivity contribution is 0.0478. The number of Topliss-reactive ketones (excluding diaryl/α,β-unsaturated/α-hetero) is 1. The number of carbonyl (C=O) groups excluding carboxylic acids is 2. The maximum Gasteiger partial charge on any atom is 0.348 e. The molecule has 0 amide bonds. The number of methoxy groups -OCH3 is 2. The minimum absolute atomic E-state index is 0.299. The number of ether oxygens (including phenoxy) is 3. The Morgan fingerprint density at radius 2 is 1.87 bits per heavy atom. The molecule has 0 atom stereocenters. The zero-order chi connectivity index (χ0) is 17.0. The van der Waals surface area contributed by atoms with E-state index in [0.29, 0.717) is 21.9 Å². The molecule has 5 nitrogen and oxygen atoms in total. The molecule has 1 heterocycles. The zero-order valence-electron chi connectivity index (χ0n) is 12.2. The lowest BCUT2D eigenvalue weighted by atomic mass is 10.1. The van der Waals surface area contributed by atoms with Crippen LogP contribution in [0.25, 0.3) is 0 Å². The number of hydrogen-bond donors (Lipinski definition) is 0. The van der Waals surface area contributed by atoms with Gasteiger partial charge < -0.3 is 14.2 Å². The number of thiophene rings is 1. The van der Waals surface area contributed by atoms with E-state index >= 15 is 0 Å². The molecule has 2 aromatic rings. The quantitative estimate of drug-likeness (QED) is 0.471. The average Bonchev–Trinajstić information content (AvgIpc) is 2.90. The van der Waals surface area contributed by atoms with Crippen LogP contribution in [-0.2, 0) is 4.74 Å². The number of esters is 1. The van der Waals surface area contributed by atoms with Crippen LogP contribution in [0.15, 0.2) is 32.5 Å². The summed E-state index contributed by atoms with van der Waals surface area (Å²) in [5.74, 6) is -0.0135. The van der Waals surface area contributed by atoms with E-state index < -0.39 is 5.97 Å². The van der Waals surface area contributed by atoms with Gasteiger partial charge in [0.25, 0.3) is 0 Å². The minimum atomic E-state index is -0.559. The van der Waals surface area contributed by atoms with E-state index in [9.17, 15) is 9.59 Å². The zero-order valence-corrected chi connectivity index (χ0v) is 16.2. The SMILES string of the molecule is COc1ccc(OC)c(C(=O)COC(=O)c2cc(Br)c(Br)s2)c1. The third-order valence-corrected chi connectivity index (χ3v) is 6.12. The van der Waals surface area contributed by atoms with Crippen molar-refractivity contribution in [2.24, 2.45) is 0 Å². The summed E-state index contributed by atoms with van der Waals surface area (Å²) in [6.07, 6.45) is 0. The van der Waals surface area contributed by atoms with Crippen molar-refractivity contribution >= 4 is 54.9 Å². The Labute approximate surface area is 153 Å². The number of benzene rings is 1. The highest BCUT2D eigenvalue weighted by Gasteiger charge is 2.18. The van der Waals surface area contributed by atoms with Crippen molar-refractivity contribution in [3.05, 3.63) is 43.0 Å². The second-order valence-corrected chi connectivity index (χ2v) is 7.52. The van der Waals surface area contributed by atoms with E-state index in [1.807, 2.05) is 0 Å². The molecule has 8 heteroatoms. The van der Waals surface area contributed by atoms with Crippen LogP contribution in [-0.4, -0.2) is 32.6 Å². The lowest BCUT2D eigenvalue weighted by Gasteiger charge is -2.09. The molecule has 0 aliphatic rings. The Kier molecular flexibility index (Phi) is 6.20. The molecule has 0 spiro atoms. The van der Waals surface area contributed by atoms with Crippen LogP contribution in [0.2, 0.25) is 0 Å². The van der Waals surface area contributed by atoms with Crippen LogP contribution in [0.1, 0.15) is 20.0 Å². The second-order valence-electron chi connectivity index (χ2n) is 4.30. The summed E-state index contributed by atoms with van der Waals surface area (Å²) in [5.41, 5.74) is 0.299. The van der Waals surface area contributed by atoms with Crippen LogP contribution in [0, 0.1) is 0 Å². The monoisotopic (exact) mass is 462 g/mol. The van der Waals surface area contributed by atoms with Gasteiger partial charge in [0.2, 0.25) is 5.78 Å². The van der Waals surface area contributed by atoms with E-state index in [1.165, 1.54) is 25.6 Å². The Hall–Kier alpha value is -1.38. The molecule has 0 aliphatic carbocycles. The maximum atomic E-state index is 12.3. The first kappa shape index (κ1) is 18.0. The molecule has 0 unspecified atom stereocenters. The number of halogens is 2. The van der Waals surface area contributed by atoms with Gasteiger partial charge in [-0.05, 0) is 56.1 Å². The van der Waals surface area contributed by atoms with Crippen molar-refractivity contribution in [3.8, 4) is 11.5 Å². The van der Waals surface area contributed by atoms with Crippen molar-refractivity contribution in [2.45, 2.75) is 0 Å². The van der Waals surface area contributed by atoms with Gasteiger partial charge in [0, 0.05) is 4.47 Å². The summed E-state index contributed by atoms with van der Waals surface area (Å²) in [6.45, 7) is -0.379. The van der Waals surface area contributed by atoms with Crippen LogP contribution in [0.3, 0.4) is 0 Å². The van der Waals surface area contributed by atoms with Gasteiger partial charge in [0.05, 0.1) is 23.6 Å². The third-order valence-electron chi connectivity index (χ3n) is 2.89. The van der Waals surface area contributed by atoms with Gasteiger partial charge in [0.15, 0.2) is 6.61 Å². The van der Waals surface area contributed by atoms with Gasteiger partial charge in [-0.25, -0.2) is 4.79 Å². The first-order valence-electron chi connectivity index (χ1n) is 6.33. The molecule has 0 fully saturated rings. The van der Waals surface area contributed by atoms with Gasteiger partial charge in [-0.3, -0.25) is 4.79 Å². The van der Waals surface area contributed by atoms with Crippen LogP contribution in [0.4, 0.5) is 0 Å². The largest absolute Gasteiger partial charge is 0.497 e. The number of rotatable bonds is 6. The normalized spacial score (nSPS) is 10.3. The van der Waals surface area contributed by atoms with E-state index in [0.717, 1.165) is 8.26 Å². The molecule has 23 heavy (non-hydrogen) atoms. The minimum Gasteiger partial charge on any atom is -0.497 e. The molecule has 122 valence electrons. The Morgan fingerprint density at radius 3 is 2.43 bits per heavy atom. The molecular weight excluding hydrogens is 452 g/mol. The van der Waals surface area contributed by atoms with Crippen molar-refractivity contribution in [2.75, 3.05) is 20.8 Å². The number of ketones is 1. The van der Waals surface area contributed by atoms with Gasteiger partial charge >= 0.3 is 5.97 Å². The van der Waals surface area contributed by atoms with Gasteiger partial charge in [-0.15, -0.1) is 11.3 Å². The highest BCUT2D eigenvalue weighted by molar-refractivity contribution is 9.13. The third kappa shape index (κ3) is 4.33. The summed E-state index contributed by atoms with van der Waals surface area (Å²) in [7, 11) is 2.97. The van der Waals surface area contributed by atoms with Gasteiger partial charge in [-0.2, -0.15) is 0 Å². The molecule has 1 aromatic heterocycles. The fraction of sp³-hybridized carbons (Fsp3) is 0.200. The van der Waals surface area contributed by atoms with Gasteiger partial charge in [-0.1, -0.05) is 0 Å². The predicted molar refractivity (Wildman–Crippen MR) is 93.9 cm³/mol. The molecule has 1 aromatic carbocycles.